The van der Waals surface area contributed by atoms with E-state index in [1.165, 1.54) is 0 Å². The van der Waals surface area contributed by atoms with Crippen LogP contribution >= 0.6 is 11.6 Å². The van der Waals surface area contributed by atoms with Crippen LogP contribution in [-0.4, -0.2) is 58.4 Å². The molecular formula is C35H37ClF2N2O4S. The quantitative estimate of drug-likeness (QED) is 0.192. The van der Waals surface area contributed by atoms with Crippen LogP contribution in [-0.2, 0) is 28.6 Å². The largest absolute Gasteiger partial charge is 0.496 e. The molecule has 238 valence electrons. The molecule has 6 rings (SSSR count). The van der Waals surface area contributed by atoms with Gasteiger partial charge in [-0.2, -0.15) is 0 Å². The highest BCUT2D eigenvalue weighted by Crippen LogP contribution is 2.38. The van der Waals surface area contributed by atoms with Crippen LogP contribution in [0.2, 0.25) is 5.02 Å². The van der Waals surface area contributed by atoms with Crippen LogP contribution in [0.1, 0.15) is 47.9 Å². The predicted octanol–water partition coefficient (Wildman–Crippen LogP) is 6.38. The molecule has 3 aromatic rings. The van der Waals surface area contributed by atoms with Crippen molar-refractivity contribution in [3.05, 3.63) is 99.1 Å². The number of hydrogen-bond acceptors (Lipinski definition) is 5. The van der Waals surface area contributed by atoms with Gasteiger partial charge >= 0.3 is 0 Å². The van der Waals surface area contributed by atoms with Crippen LogP contribution in [0.3, 0.4) is 0 Å². The molecule has 1 aliphatic carbocycles. The van der Waals surface area contributed by atoms with Crippen LogP contribution in [0.15, 0.2) is 60.2 Å². The van der Waals surface area contributed by atoms with Crippen molar-refractivity contribution in [3.63, 3.8) is 0 Å². The van der Waals surface area contributed by atoms with Crippen LogP contribution in [0.4, 0.5) is 8.78 Å². The van der Waals surface area contributed by atoms with Crippen molar-refractivity contribution in [1.82, 2.24) is 10.2 Å². The molecule has 0 aromatic heterocycles. The third-order valence-electron chi connectivity index (χ3n) is 8.90. The summed E-state index contributed by atoms with van der Waals surface area (Å²) in [5.41, 5.74) is 5.88. The highest BCUT2D eigenvalue weighted by molar-refractivity contribution is 7.85. The second-order valence-electron chi connectivity index (χ2n) is 12.0. The summed E-state index contributed by atoms with van der Waals surface area (Å²) in [6, 6.07) is 16.1. The lowest BCUT2D eigenvalue weighted by Gasteiger charge is -2.40. The van der Waals surface area contributed by atoms with Gasteiger partial charge in [0.1, 0.15) is 16.6 Å². The average Bonchev–Trinajstić information content (AvgIpc) is 3.87. The fourth-order valence-electron chi connectivity index (χ4n) is 6.37. The fraction of sp³-hybridized carbons (Fsp3) is 0.400. The minimum atomic E-state index is -0.987. The van der Waals surface area contributed by atoms with E-state index in [9.17, 15) is 17.8 Å². The number of benzene rings is 3. The number of halogens is 3. The number of amides is 1. The third kappa shape index (κ3) is 6.95. The van der Waals surface area contributed by atoms with E-state index in [1.54, 1.807) is 7.11 Å². The van der Waals surface area contributed by atoms with Gasteiger partial charge in [-0.25, -0.2) is 8.78 Å². The lowest BCUT2D eigenvalue weighted by Crippen LogP contribution is -2.56. The van der Waals surface area contributed by atoms with Crippen molar-refractivity contribution in [3.8, 4) is 11.5 Å². The maximum atomic E-state index is 14.5. The van der Waals surface area contributed by atoms with Crippen molar-refractivity contribution in [2.45, 2.75) is 63.7 Å². The van der Waals surface area contributed by atoms with E-state index in [4.69, 9.17) is 21.1 Å². The molecule has 3 aromatic carbocycles. The van der Waals surface area contributed by atoms with Crippen LogP contribution in [0.25, 0.3) is 5.57 Å². The Balaban J connectivity index is 1.22. The lowest BCUT2D eigenvalue weighted by atomic mass is 9.85. The molecule has 45 heavy (non-hydrogen) atoms. The molecule has 3 atom stereocenters. The number of hydrogen-bond donors (Lipinski definition) is 1. The first-order valence-electron chi connectivity index (χ1n) is 15.4. The Morgan fingerprint density at radius 2 is 1.82 bits per heavy atom. The normalized spacial score (nSPS) is 21.0. The zero-order valence-corrected chi connectivity index (χ0v) is 27.0. The Bertz CT molecular complexity index is 1640. The molecule has 10 heteroatoms. The van der Waals surface area contributed by atoms with Crippen molar-refractivity contribution < 1.29 is 27.3 Å². The van der Waals surface area contributed by atoms with Crippen LogP contribution < -0.4 is 14.8 Å². The summed E-state index contributed by atoms with van der Waals surface area (Å²) in [5, 5.41) is 3.25. The average molecular weight is 655 g/mol. The fourth-order valence-corrected chi connectivity index (χ4v) is 8.01. The molecule has 1 amide bonds. The second-order valence-corrected chi connectivity index (χ2v) is 13.9. The molecule has 2 aliphatic heterocycles. The summed E-state index contributed by atoms with van der Waals surface area (Å²) >= 11 is 5.86. The van der Waals surface area contributed by atoms with Gasteiger partial charge in [0.15, 0.2) is 11.6 Å². The van der Waals surface area contributed by atoms with Gasteiger partial charge in [0, 0.05) is 52.5 Å². The molecule has 1 N–H and O–H groups in total. The molecule has 1 saturated carbocycles. The Hall–Kier alpha value is -3.27. The highest BCUT2D eigenvalue weighted by Gasteiger charge is 2.42. The third-order valence-corrected chi connectivity index (χ3v) is 10.7. The standard InChI is InChI=1S/C35H37ClF2N2O4S/c1-21-24(6-3-7-31(21)43-2)18-40(26-12-13-26)35(41)32-27(17-25-19-45(42)20-30(32)39-25)23-10-8-22(9-11-23)5-4-16-44-34-29(38)15-14-28(37)33(34)36/h3,6-11,14-15,25-26,30,39H,4-5,12-13,16-20H2,1-2H3. The number of aryl methyl sites for hydroxylation is 1. The van der Waals surface area contributed by atoms with E-state index in [-0.39, 0.29) is 41.4 Å². The number of ether oxygens (including phenoxy) is 2. The first-order chi connectivity index (χ1) is 21.7. The minimum absolute atomic E-state index is 0.00837. The van der Waals surface area contributed by atoms with Crippen molar-refractivity contribution in [2.75, 3.05) is 25.2 Å². The summed E-state index contributed by atoms with van der Waals surface area (Å²) in [6.45, 7) is 2.70. The number of nitrogens with one attached hydrogen (secondary N) is 1. The van der Waals surface area contributed by atoms with Gasteiger partial charge in [-0.15, -0.1) is 0 Å². The Labute approximate surface area is 270 Å². The smallest absolute Gasteiger partial charge is 0.252 e. The topological polar surface area (TPSA) is 67.9 Å². The molecule has 6 nitrogen and oxygen atoms in total. The Morgan fingerprint density at radius 1 is 1.07 bits per heavy atom. The van der Waals surface area contributed by atoms with Gasteiger partial charge in [-0.1, -0.05) is 48.0 Å². The van der Waals surface area contributed by atoms with Crippen molar-refractivity contribution >= 4 is 33.9 Å². The van der Waals surface area contributed by atoms with Gasteiger partial charge in [0.2, 0.25) is 0 Å². The summed E-state index contributed by atoms with van der Waals surface area (Å²) in [4.78, 5) is 16.5. The second kappa shape index (κ2) is 13.6. The number of carbonyl (C=O) groups is 1. The molecule has 2 heterocycles. The van der Waals surface area contributed by atoms with Gasteiger partial charge in [-0.05, 0) is 85.1 Å². The SMILES string of the molecule is COc1cccc(CN(C(=O)C2=C(c3ccc(CCCOc4c(F)ccc(F)c4Cl)cc3)CC3CS(=O)CC2N3)C2CC2)c1C. The Kier molecular flexibility index (Phi) is 9.59. The zero-order chi connectivity index (χ0) is 31.7. The van der Waals surface area contributed by atoms with E-state index in [1.807, 2.05) is 54.3 Å². The van der Waals surface area contributed by atoms with E-state index in [2.05, 4.69) is 5.32 Å². The van der Waals surface area contributed by atoms with E-state index in [0.717, 1.165) is 64.1 Å². The van der Waals surface area contributed by atoms with E-state index >= 15 is 0 Å². The number of fused-ring (bicyclic) bond motifs is 2. The predicted molar refractivity (Wildman–Crippen MR) is 173 cm³/mol. The summed E-state index contributed by atoms with van der Waals surface area (Å²) in [6.07, 6.45) is 3.83. The maximum absolute atomic E-state index is 14.5. The van der Waals surface area contributed by atoms with Gasteiger partial charge in [-0.3, -0.25) is 9.00 Å². The van der Waals surface area contributed by atoms with Gasteiger partial charge < -0.3 is 19.7 Å². The summed E-state index contributed by atoms with van der Waals surface area (Å²) < 4.78 is 51.5. The van der Waals surface area contributed by atoms with E-state index < -0.39 is 22.4 Å². The number of rotatable bonds is 11. The molecule has 3 unspecified atom stereocenters. The minimum Gasteiger partial charge on any atom is -0.496 e. The number of nitrogens with zero attached hydrogens (tertiary/aromatic N) is 1. The molecule has 0 spiro atoms. The van der Waals surface area contributed by atoms with Gasteiger partial charge in [0.05, 0.1) is 13.7 Å². The highest BCUT2D eigenvalue weighted by atomic mass is 35.5. The first kappa shape index (κ1) is 31.7. The van der Waals surface area contributed by atoms with Crippen LogP contribution in [0.5, 0.6) is 11.5 Å². The van der Waals surface area contributed by atoms with Crippen molar-refractivity contribution in [1.29, 1.82) is 0 Å². The first-order valence-corrected chi connectivity index (χ1v) is 17.2. The molecule has 0 radical (unpaired) electrons. The summed E-state index contributed by atoms with van der Waals surface area (Å²) in [5.74, 6) is 0.122. The molecule has 2 bridgehead atoms. The van der Waals surface area contributed by atoms with E-state index in [0.29, 0.717) is 37.3 Å². The molecular weight excluding hydrogens is 618 g/mol. The Morgan fingerprint density at radius 3 is 2.56 bits per heavy atom. The van der Waals surface area contributed by atoms with Crippen molar-refractivity contribution in [2.24, 2.45) is 0 Å². The maximum Gasteiger partial charge on any atom is 0.252 e. The molecule has 3 aliphatic rings. The number of methoxy groups -OCH3 is 1. The lowest BCUT2D eigenvalue weighted by molar-refractivity contribution is -0.128. The monoisotopic (exact) mass is 654 g/mol. The zero-order valence-electron chi connectivity index (χ0n) is 25.4. The summed E-state index contributed by atoms with van der Waals surface area (Å²) in [7, 11) is 0.669. The van der Waals surface area contributed by atoms with Crippen LogP contribution in [0, 0.1) is 18.6 Å². The number of carbonyl (C=O) groups excluding carboxylic acids is 1. The van der Waals surface area contributed by atoms with Gasteiger partial charge in [0.25, 0.3) is 5.91 Å². The molecule has 1 saturated heterocycles. The molecule has 2 fully saturated rings.